The van der Waals surface area contributed by atoms with Gasteiger partial charge in [0.1, 0.15) is 5.82 Å². The van der Waals surface area contributed by atoms with Gasteiger partial charge in [0.2, 0.25) is 10.0 Å². The first kappa shape index (κ1) is 25.1. The number of aliphatic imine (C=N–C) groups is 1. The van der Waals surface area contributed by atoms with Crippen molar-refractivity contribution >= 4 is 45.8 Å². The minimum atomic E-state index is -3.24. The first-order chi connectivity index (χ1) is 13.9. The third-order valence-electron chi connectivity index (χ3n) is 5.76. The van der Waals surface area contributed by atoms with E-state index >= 15 is 0 Å². The van der Waals surface area contributed by atoms with Crippen molar-refractivity contribution < 1.29 is 8.42 Å². The largest absolute Gasteiger partial charge is 0.356 e. The summed E-state index contributed by atoms with van der Waals surface area (Å²) in [6.07, 6.45) is 7.36. The van der Waals surface area contributed by atoms with Crippen molar-refractivity contribution in [3.8, 4) is 0 Å². The minimum absolute atomic E-state index is 0. The van der Waals surface area contributed by atoms with E-state index in [1.54, 1.807) is 7.05 Å². The second kappa shape index (κ2) is 12.0. The van der Waals surface area contributed by atoms with Crippen LogP contribution < -0.4 is 20.3 Å². The van der Waals surface area contributed by atoms with Crippen LogP contribution in [0, 0.1) is 12.8 Å². The van der Waals surface area contributed by atoms with E-state index in [0.29, 0.717) is 31.0 Å². The number of hydrogen-bond donors (Lipinski definition) is 3. The zero-order valence-electron chi connectivity index (χ0n) is 17.9. The van der Waals surface area contributed by atoms with E-state index in [0.717, 1.165) is 44.6 Å². The van der Waals surface area contributed by atoms with E-state index < -0.39 is 10.0 Å². The molecule has 0 bridgehead atoms. The topological polar surface area (TPSA) is 98.7 Å². The van der Waals surface area contributed by atoms with Crippen LogP contribution in [0.4, 0.5) is 5.82 Å². The Morgan fingerprint density at radius 1 is 1.23 bits per heavy atom. The number of nitrogens with one attached hydrogen (secondary N) is 3. The molecular weight excluding hydrogens is 515 g/mol. The van der Waals surface area contributed by atoms with Crippen molar-refractivity contribution in [2.24, 2.45) is 10.9 Å². The quantitative estimate of drug-likeness (QED) is 0.260. The molecule has 30 heavy (non-hydrogen) atoms. The molecule has 1 aromatic heterocycles. The normalized spacial score (nSPS) is 18.5. The standard InChI is InChI=1S/C20H34N6O2S.HI/c1-16-6-7-19(23-14-16)26-11-8-18(9-12-26)25-20(21-2)22-10-13-29(27,28)24-15-17-4-3-5-17;/h6-7,14,17-18,24H,3-5,8-13,15H2,1-2H3,(H2,21,22,25);1H. The van der Waals surface area contributed by atoms with Gasteiger partial charge in [-0.1, -0.05) is 12.5 Å². The van der Waals surface area contributed by atoms with E-state index in [4.69, 9.17) is 0 Å². The number of halogens is 1. The number of anilines is 1. The third-order valence-corrected chi connectivity index (χ3v) is 7.11. The Labute approximate surface area is 197 Å². The van der Waals surface area contributed by atoms with Gasteiger partial charge < -0.3 is 15.5 Å². The molecule has 2 heterocycles. The zero-order chi connectivity index (χ0) is 20.7. The summed E-state index contributed by atoms with van der Waals surface area (Å²) in [6.45, 7) is 4.82. The Balaban J connectivity index is 0.00000320. The van der Waals surface area contributed by atoms with E-state index in [1.165, 1.54) is 12.0 Å². The Morgan fingerprint density at radius 2 is 1.97 bits per heavy atom. The second-order valence-electron chi connectivity index (χ2n) is 8.06. The maximum Gasteiger partial charge on any atom is 0.213 e. The van der Waals surface area contributed by atoms with Gasteiger partial charge in [-0.05, 0) is 50.2 Å². The number of piperidine rings is 1. The maximum atomic E-state index is 12.1. The number of rotatable bonds is 8. The Kier molecular flexibility index (Phi) is 10.1. The third kappa shape index (κ3) is 7.84. The van der Waals surface area contributed by atoms with Crippen molar-refractivity contribution in [3.63, 3.8) is 0 Å². The van der Waals surface area contributed by atoms with Crippen molar-refractivity contribution in [1.82, 2.24) is 20.3 Å². The van der Waals surface area contributed by atoms with Gasteiger partial charge in [-0.2, -0.15) is 0 Å². The summed E-state index contributed by atoms with van der Waals surface area (Å²) in [5.41, 5.74) is 1.17. The van der Waals surface area contributed by atoms with Gasteiger partial charge in [-0.15, -0.1) is 24.0 Å². The predicted molar refractivity (Wildman–Crippen MR) is 133 cm³/mol. The summed E-state index contributed by atoms with van der Waals surface area (Å²) >= 11 is 0. The van der Waals surface area contributed by atoms with Crippen LogP contribution >= 0.6 is 24.0 Å². The van der Waals surface area contributed by atoms with E-state index in [1.807, 2.05) is 13.1 Å². The summed E-state index contributed by atoms with van der Waals surface area (Å²) in [7, 11) is -1.53. The average molecular weight is 551 g/mol. The van der Waals surface area contributed by atoms with Gasteiger partial charge in [0, 0.05) is 45.5 Å². The van der Waals surface area contributed by atoms with E-state index in [-0.39, 0.29) is 29.7 Å². The Morgan fingerprint density at radius 3 is 2.53 bits per heavy atom. The lowest BCUT2D eigenvalue weighted by atomic mass is 9.86. The molecular formula is C20H35IN6O2S. The molecule has 8 nitrogen and oxygen atoms in total. The monoisotopic (exact) mass is 550 g/mol. The fourth-order valence-electron chi connectivity index (χ4n) is 3.61. The van der Waals surface area contributed by atoms with Gasteiger partial charge in [-0.3, -0.25) is 4.99 Å². The molecule has 1 saturated heterocycles. The van der Waals surface area contributed by atoms with Crippen LogP contribution in [0.15, 0.2) is 23.3 Å². The first-order valence-corrected chi connectivity index (χ1v) is 12.2. The van der Waals surface area contributed by atoms with Crippen molar-refractivity contribution in [2.45, 2.75) is 45.1 Å². The summed E-state index contributed by atoms with van der Waals surface area (Å²) in [6, 6.07) is 4.48. The molecule has 1 aromatic rings. The van der Waals surface area contributed by atoms with Gasteiger partial charge in [0.15, 0.2) is 5.96 Å². The first-order valence-electron chi connectivity index (χ1n) is 10.6. The van der Waals surface area contributed by atoms with Crippen LogP contribution in [-0.4, -0.2) is 64.4 Å². The highest BCUT2D eigenvalue weighted by atomic mass is 127. The molecule has 0 spiro atoms. The number of pyridine rings is 1. The number of aromatic nitrogens is 1. The molecule has 0 amide bonds. The molecule has 1 aliphatic carbocycles. The van der Waals surface area contributed by atoms with Crippen LogP contribution in [-0.2, 0) is 10.0 Å². The average Bonchev–Trinajstić information content (AvgIpc) is 2.67. The lowest BCUT2D eigenvalue weighted by molar-refractivity contribution is 0.316. The number of guanidine groups is 1. The number of nitrogens with zero attached hydrogens (tertiary/aromatic N) is 3. The summed E-state index contributed by atoms with van der Waals surface area (Å²) in [4.78, 5) is 11.0. The maximum absolute atomic E-state index is 12.1. The Hall–Kier alpha value is -1.14. The highest BCUT2D eigenvalue weighted by Gasteiger charge is 2.22. The van der Waals surface area contributed by atoms with Crippen LogP contribution in [0.3, 0.4) is 0 Å². The molecule has 1 aliphatic heterocycles. The van der Waals surface area contributed by atoms with Crippen LogP contribution in [0.25, 0.3) is 0 Å². The zero-order valence-corrected chi connectivity index (χ0v) is 21.1. The SMILES string of the molecule is CN=C(NCCS(=O)(=O)NCC1CCC1)NC1CCN(c2ccc(C)cn2)CC1.I. The van der Waals surface area contributed by atoms with E-state index in [9.17, 15) is 8.42 Å². The van der Waals surface area contributed by atoms with Gasteiger partial charge >= 0.3 is 0 Å². The van der Waals surface area contributed by atoms with Crippen LogP contribution in [0.5, 0.6) is 0 Å². The highest BCUT2D eigenvalue weighted by molar-refractivity contribution is 14.0. The highest BCUT2D eigenvalue weighted by Crippen LogP contribution is 2.25. The summed E-state index contributed by atoms with van der Waals surface area (Å²) < 4.78 is 26.9. The molecule has 3 N–H and O–H groups in total. The smallest absolute Gasteiger partial charge is 0.213 e. The molecule has 2 fully saturated rings. The number of sulfonamides is 1. The van der Waals surface area contributed by atoms with Crippen molar-refractivity contribution in [2.75, 3.05) is 43.9 Å². The molecule has 10 heteroatoms. The summed E-state index contributed by atoms with van der Waals surface area (Å²) in [5, 5.41) is 6.55. The van der Waals surface area contributed by atoms with Crippen molar-refractivity contribution in [1.29, 1.82) is 0 Å². The molecule has 0 aromatic carbocycles. The molecule has 0 atom stereocenters. The number of hydrogen-bond acceptors (Lipinski definition) is 5. The summed E-state index contributed by atoms with van der Waals surface area (Å²) in [5.74, 6) is 2.26. The van der Waals surface area contributed by atoms with Crippen molar-refractivity contribution in [3.05, 3.63) is 23.9 Å². The van der Waals surface area contributed by atoms with E-state index in [2.05, 4.69) is 42.4 Å². The lowest BCUT2D eigenvalue weighted by Crippen LogP contribution is -2.49. The second-order valence-corrected chi connectivity index (χ2v) is 9.99. The fraction of sp³-hybridized carbons (Fsp3) is 0.700. The lowest BCUT2D eigenvalue weighted by Gasteiger charge is -2.33. The molecule has 170 valence electrons. The fourth-order valence-corrected chi connectivity index (χ4v) is 4.61. The van der Waals surface area contributed by atoms with Gasteiger partial charge in [0.05, 0.1) is 5.75 Å². The molecule has 0 unspecified atom stereocenters. The molecule has 0 radical (unpaired) electrons. The minimum Gasteiger partial charge on any atom is -0.356 e. The Bertz CT molecular complexity index is 775. The van der Waals surface area contributed by atoms with Crippen LogP contribution in [0.2, 0.25) is 0 Å². The number of aryl methyl sites for hydroxylation is 1. The van der Waals surface area contributed by atoms with Crippen LogP contribution in [0.1, 0.15) is 37.7 Å². The van der Waals surface area contributed by atoms with Gasteiger partial charge in [-0.25, -0.2) is 18.1 Å². The predicted octanol–water partition coefficient (Wildman–Crippen LogP) is 1.86. The van der Waals surface area contributed by atoms with Gasteiger partial charge in [0.25, 0.3) is 0 Å². The molecule has 1 saturated carbocycles. The molecule has 3 rings (SSSR count). The molecule has 2 aliphatic rings.